The Morgan fingerprint density at radius 2 is 1.66 bits per heavy atom. The van der Waals surface area contributed by atoms with Crippen LogP contribution < -0.4 is 10.4 Å². The number of carbonyl (C=O) groups excluding carboxylic acids is 1. The Morgan fingerprint density at radius 3 is 2.26 bits per heavy atom. The third-order valence-electron chi connectivity index (χ3n) is 6.66. The SMILES string of the molecule is CCn1c(CCCc2ccc(-c3ncc(OC)c(C=O)n3)cc2)nn(Cc2ccc(C(C)(C)C)cc2)c1=O. The molecule has 0 aliphatic rings. The van der Waals surface area contributed by atoms with Gasteiger partial charge < -0.3 is 4.74 Å². The van der Waals surface area contributed by atoms with E-state index < -0.39 is 0 Å². The fourth-order valence-corrected chi connectivity index (χ4v) is 4.41. The highest BCUT2D eigenvalue weighted by Gasteiger charge is 2.15. The van der Waals surface area contributed by atoms with Crippen molar-refractivity contribution >= 4 is 6.29 Å². The van der Waals surface area contributed by atoms with E-state index in [1.807, 2.05) is 31.2 Å². The molecule has 0 aliphatic carbocycles. The zero-order valence-corrected chi connectivity index (χ0v) is 22.8. The molecule has 8 heteroatoms. The highest BCUT2D eigenvalue weighted by molar-refractivity contribution is 5.77. The fourth-order valence-electron chi connectivity index (χ4n) is 4.41. The van der Waals surface area contributed by atoms with E-state index >= 15 is 0 Å². The van der Waals surface area contributed by atoms with Crippen molar-refractivity contribution in [3.8, 4) is 17.1 Å². The van der Waals surface area contributed by atoms with Gasteiger partial charge in [0.25, 0.3) is 0 Å². The number of hydrogen-bond acceptors (Lipinski definition) is 6. The fraction of sp³-hybridized carbons (Fsp3) is 0.367. The average molecular weight is 514 g/mol. The minimum Gasteiger partial charge on any atom is -0.493 e. The lowest BCUT2D eigenvalue weighted by atomic mass is 9.87. The zero-order valence-electron chi connectivity index (χ0n) is 22.8. The molecule has 4 aromatic rings. The van der Waals surface area contributed by atoms with E-state index in [1.54, 1.807) is 9.25 Å². The quantitative estimate of drug-likeness (QED) is 0.281. The molecule has 8 nitrogen and oxygen atoms in total. The van der Waals surface area contributed by atoms with Gasteiger partial charge in [-0.2, -0.15) is 5.10 Å². The lowest BCUT2D eigenvalue weighted by molar-refractivity contribution is 0.111. The van der Waals surface area contributed by atoms with Crippen LogP contribution in [0.15, 0.2) is 59.5 Å². The molecule has 0 saturated carbocycles. The van der Waals surface area contributed by atoms with Gasteiger partial charge in [-0.05, 0) is 41.9 Å². The van der Waals surface area contributed by atoms with Gasteiger partial charge in [-0.25, -0.2) is 19.4 Å². The second kappa shape index (κ2) is 11.5. The smallest absolute Gasteiger partial charge is 0.346 e. The summed E-state index contributed by atoms with van der Waals surface area (Å²) in [7, 11) is 1.48. The van der Waals surface area contributed by atoms with E-state index in [-0.39, 0.29) is 16.8 Å². The number of methoxy groups -OCH3 is 1. The van der Waals surface area contributed by atoms with E-state index in [1.165, 1.54) is 24.4 Å². The first-order valence-electron chi connectivity index (χ1n) is 12.9. The first kappa shape index (κ1) is 27.0. The van der Waals surface area contributed by atoms with Gasteiger partial charge >= 0.3 is 5.69 Å². The van der Waals surface area contributed by atoms with Gasteiger partial charge in [-0.15, -0.1) is 0 Å². The minimum atomic E-state index is -0.0686. The molecule has 2 heterocycles. The molecule has 0 saturated heterocycles. The van der Waals surface area contributed by atoms with Crippen molar-refractivity contribution in [1.82, 2.24) is 24.3 Å². The second-order valence-electron chi connectivity index (χ2n) is 10.4. The van der Waals surface area contributed by atoms with Crippen molar-refractivity contribution < 1.29 is 9.53 Å². The van der Waals surface area contributed by atoms with Gasteiger partial charge in [-0.1, -0.05) is 69.3 Å². The van der Waals surface area contributed by atoms with E-state index in [9.17, 15) is 9.59 Å². The monoisotopic (exact) mass is 513 g/mol. The lowest BCUT2D eigenvalue weighted by Crippen LogP contribution is -2.25. The van der Waals surface area contributed by atoms with Gasteiger partial charge in [0.05, 0.1) is 19.9 Å². The molecule has 0 fully saturated rings. The van der Waals surface area contributed by atoms with E-state index in [0.29, 0.717) is 37.4 Å². The Balaban J connectivity index is 1.40. The number of aromatic nitrogens is 5. The summed E-state index contributed by atoms with van der Waals surface area (Å²) in [5.74, 6) is 1.64. The average Bonchev–Trinajstić information content (AvgIpc) is 3.22. The maximum absolute atomic E-state index is 13.0. The number of ether oxygens (including phenoxy) is 1. The Morgan fingerprint density at radius 1 is 0.974 bits per heavy atom. The van der Waals surface area contributed by atoms with Crippen molar-refractivity contribution in [2.24, 2.45) is 0 Å². The summed E-state index contributed by atoms with van der Waals surface area (Å²) in [4.78, 5) is 32.8. The van der Waals surface area contributed by atoms with Gasteiger partial charge in [0.2, 0.25) is 0 Å². The largest absolute Gasteiger partial charge is 0.493 e. The summed E-state index contributed by atoms with van der Waals surface area (Å²) in [6.07, 6.45) is 4.60. The highest BCUT2D eigenvalue weighted by Crippen LogP contribution is 2.23. The molecule has 0 aliphatic heterocycles. The molecule has 0 unspecified atom stereocenters. The summed E-state index contributed by atoms with van der Waals surface area (Å²) in [6.45, 7) is 9.60. The van der Waals surface area contributed by atoms with Gasteiger partial charge in [-0.3, -0.25) is 9.36 Å². The normalized spacial score (nSPS) is 11.5. The molecule has 4 rings (SSSR count). The first-order chi connectivity index (χ1) is 18.2. The van der Waals surface area contributed by atoms with Crippen molar-refractivity contribution in [3.05, 3.63) is 93.4 Å². The van der Waals surface area contributed by atoms with Crippen LogP contribution in [0, 0.1) is 0 Å². The van der Waals surface area contributed by atoms with Crippen LogP contribution in [0.2, 0.25) is 0 Å². The molecule has 0 spiro atoms. The van der Waals surface area contributed by atoms with Gasteiger partial charge in [0.1, 0.15) is 11.5 Å². The number of carbonyl (C=O) groups is 1. The lowest BCUT2D eigenvalue weighted by Gasteiger charge is -2.19. The number of aldehydes is 1. The summed E-state index contributed by atoms with van der Waals surface area (Å²) in [5.41, 5.74) is 4.58. The zero-order chi connectivity index (χ0) is 27.3. The maximum Gasteiger partial charge on any atom is 0.346 e. The topological polar surface area (TPSA) is 91.9 Å². The van der Waals surface area contributed by atoms with Crippen LogP contribution in [-0.4, -0.2) is 37.7 Å². The Labute approximate surface area is 223 Å². The van der Waals surface area contributed by atoms with Crippen molar-refractivity contribution in [2.75, 3.05) is 7.11 Å². The molecule has 0 N–H and O–H groups in total. The highest BCUT2D eigenvalue weighted by atomic mass is 16.5. The van der Waals surface area contributed by atoms with E-state index in [2.05, 4.69) is 60.1 Å². The summed E-state index contributed by atoms with van der Waals surface area (Å²) < 4.78 is 8.45. The minimum absolute atomic E-state index is 0.0686. The molecule has 0 radical (unpaired) electrons. The molecule has 2 aromatic carbocycles. The third-order valence-corrected chi connectivity index (χ3v) is 6.66. The molecular formula is C30H35N5O3. The van der Waals surface area contributed by atoms with Crippen LogP contribution in [0.3, 0.4) is 0 Å². The Kier molecular flexibility index (Phi) is 8.20. The van der Waals surface area contributed by atoms with Crippen molar-refractivity contribution in [1.29, 1.82) is 0 Å². The van der Waals surface area contributed by atoms with Crippen LogP contribution in [0.5, 0.6) is 5.75 Å². The molecule has 38 heavy (non-hydrogen) atoms. The molecule has 2 aromatic heterocycles. The molecular weight excluding hydrogens is 478 g/mol. The molecule has 198 valence electrons. The van der Waals surface area contributed by atoms with Crippen LogP contribution >= 0.6 is 0 Å². The van der Waals surface area contributed by atoms with E-state index in [0.717, 1.165) is 29.8 Å². The predicted molar refractivity (Wildman–Crippen MR) is 148 cm³/mol. The second-order valence-corrected chi connectivity index (χ2v) is 10.4. The Bertz CT molecular complexity index is 1450. The first-order valence-corrected chi connectivity index (χ1v) is 12.9. The molecule has 0 amide bonds. The summed E-state index contributed by atoms with van der Waals surface area (Å²) >= 11 is 0. The summed E-state index contributed by atoms with van der Waals surface area (Å²) in [6, 6.07) is 16.4. The third kappa shape index (κ3) is 6.07. The van der Waals surface area contributed by atoms with Crippen LogP contribution in [0.1, 0.15) is 67.1 Å². The van der Waals surface area contributed by atoms with Gasteiger partial charge in [0.15, 0.2) is 17.9 Å². The Hall–Kier alpha value is -4.07. The predicted octanol–water partition coefficient (Wildman–Crippen LogP) is 4.86. The van der Waals surface area contributed by atoms with E-state index in [4.69, 9.17) is 4.74 Å². The van der Waals surface area contributed by atoms with Crippen LogP contribution in [0.4, 0.5) is 0 Å². The standard InChI is InChI=1S/C30H35N5O3/c1-6-34-27(33-35(29(34)37)19-22-12-16-24(17-13-22)30(2,3)4)9-7-8-21-10-14-23(15-11-21)28-31-18-26(38-5)25(20-36)32-28/h10-18,20H,6-9,19H2,1-5H3. The van der Waals surface area contributed by atoms with Crippen molar-refractivity contribution in [3.63, 3.8) is 0 Å². The number of hydrogen-bond donors (Lipinski definition) is 0. The maximum atomic E-state index is 13.0. The number of rotatable bonds is 10. The van der Waals surface area contributed by atoms with Crippen molar-refractivity contribution in [2.45, 2.75) is 65.5 Å². The summed E-state index contributed by atoms with van der Waals surface area (Å²) in [5, 5.41) is 4.67. The van der Waals surface area contributed by atoms with Crippen LogP contribution in [-0.2, 0) is 31.3 Å². The number of benzene rings is 2. The van der Waals surface area contributed by atoms with Crippen LogP contribution in [0.25, 0.3) is 11.4 Å². The molecule has 0 atom stereocenters. The number of nitrogens with zero attached hydrogens (tertiary/aromatic N) is 5. The van der Waals surface area contributed by atoms with Gasteiger partial charge in [0, 0.05) is 18.5 Å². The molecule has 0 bridgehead atoms. The number of aryl methyl sites for hydroxylation is 2.